The first-order valence-electron chi connectivity index (χ1n) is 7.88. The quantitative estimate of drug-likeness (QED) is 0.831. The molecule has 1 heterocycles. The van der Waals surface area contributed by atoms with Crippen molar-refractivity contribution >= 4 is 11.5 Å². The molecule has 114 valence electrons. The molecule has 0 aromatic heterocycles. The number of benzene rings is 2. The predicted molar refractivity (Wildman–Crippen MR) is 90.5 cm³/mol. The van der Waals surface area contributed by atoms with Gasteiger partial charge in [0.2, 0.25) is 0 Å². The lowest BCUT2D eigenvalue weighted by atomic mass is 9.99. The highest BCUT2D eigenvalue weighted by Crippen LogP contribution is 2.23. The van der Waals surface area contributed by atoms with Gasteiger partial charge in [0.15, 0.2) is 5.78 Å². The zero-order chi connectivity index (χ0) is 15.4. The summed E-state index contributed by atoms with van der Waals surface area (Å²) in [5, 5.41) is 6.61. The van der Waals surface area contributed by atoms with E-state index in [1.165, 1.54) is 22.4 Å². The standard InChI is InChI=1S/C19H22N2O/c1-14-4-6-15(7-5-14)12-20-13-19(22)17-8-9-18-16(11-17)3-2-10-21-18/h4-9,11,20-21H,2-3,10,12-13H2,1H3. The molecule has 0 fully saturated rings. The molecule has 1 aliphatic rings. The van der Waals surface area contributed by atoms with E-state index < -0.39 is 0 Å². The second kappa shape index (κ2) is 6.75. The van der Waals surface area contributed by atoms with Crippen molar-refractivity contribution < 1.29 is 4.79 Å². The van der Waals surface area contributed by atoms with E-state index in [9.17, 15) is 4.79 Å². The van der Waals surface area contributed by atoms with Crippen LogP contribution >= 0.6 is 0 Å². The summed E-state index contributed by atoms with van der Waals surface area (Å²) in [7, 11) is 0. The van der Waals surface area contributed by atoms with Gasteiger partial charge in [0.05, 0.1) is 6.54 Å². The Balaban J connectivity index is 1.56. The first-order valence-corrected chi connectivity index (χ1v) is 7.88. The van der Waals surface area contributed by atoms with Crippen molar-refractivity contribution in [1.82, 2.24) is 5.32 Å². The molecular weight excluding hydrogens is 272 g/mol. The van der Waals surface area contributed by atoms with Crippen LogP contribution in [-0.2, 0) is 13.0 Å². The molecule has 2 N–H and O–H groups in total. The minimum absolute atomic E-state index is 0.153. The van der Waals surface area contributed by atoms with Crippen molar-refractivity contribution in [3.05, 3.63) is 64.7 Å². The van der Waals surface area contributed by atoms with Crippen LogP contribution in [0.3, 0.4) is 0 Å². The Kier molecular flexibility index (Phi) is 4.54. The van der Waals surface area contributed by atoms with Crippen LogP contribution in [0, 0.1) is 6.92 Å². The molecule has 3 nitrogen and oxygen atoms in total. The predicted octanol–water partition coefficient (Wildman–Crippen LogP) is 3.33. The number of fused-ring (bicyclic) bond motifs is 1. The lowest BCUT2D eigenvalue weighted by Gasteiger charge is -2.18. The van der Waals surface area contributed by atoms with E-state index in [1.54, 1.807) is 0 Å². The van der Waals surface area contributed by atoms with Gasteiger partial charge < -0.3 is 10.6 Å². The van der Waals surface area contributed by atoms with Crippen molar-refractivity contribution in [2.45, 2.75) is 26.3 Å². The molecule has 2 aromatic carbocycles. The van der Waals surface area contributed by atoms with Crippen LogP contribution < -0.4 is 10.6 Å². The molecule has 3 heteroatoms. The number of aryl methyl sites for hydroxylation is 2. The van der Waals surface area contributed by atoms with E-state index >= 15 is 0 Å². The molecule has 0 spiro atoms. The number of rotatable bonds is 5. The number of Topliss-reactive ketones (excluding diaryl/α,β-unsaturated/α-hetero) is 1. The Morgan fingerprint density at radius 1 is 1.18 bits per heavy atom. The monoisotopic (exact) mass is 294 g/mol. The number of carbonyl (C=O) groups is 1. The molecule has 0 amide bonds. The van der Waals surface area contributed by atoms with Crippen LogP contribution in [0.4, 0.5) is 5.69 Å². The van der Waals surface area contributed by atoms with Gasteiger partial charge in [0, 0.05) is 24.3 Å². The highest BCUT2D eigenvalue weighted by Gasteiger charge is 2.12. The van der Waals surface area contributed by atoms with Gasteiger partial charge in [-0.2, -0.15) is 0 Å². The SMILES string of the molecule is Cc1ccc(CNCC(=O)c2ccc3c(c2)CCCN3)cc1. The first kappa shape index (κ1) is 14.8. The summed E-state index contributed by atoms with van der Waals surface area (Å²) in [6, 6.07) is 14.4. The fraction of sp³-hybridized carbons (Fsp3) is 0.316. The fourth-order valence-electron chi connectivity index (χ4n) is 2.78. The Morgan fingerprint density at radius 3 is 2.82 bits per heavy atom. The summed E-state index contributed by atoms with van der Waals surface area (Å²) in [6.45, 7) is 4.20. The number of anilines is 1. The van der Waals surface area contributed by atoms with Crippen molar-refractivity contribution in [2.75, 3.05) is 18.4 Å². The molecule has 22 heavy (non-hydrogen) atoms. The van der Waals surface area contributed by atoms with Crippen molar-refractivity contribution in [3.8, 4) is 0 Å². The summed E-state index contributed by atoms with van der Waals surface area (Å²) in [5.74, 6) is 0.153. The van der Waals surface area contributed by atoms with Gasteiger partial charge >= 0.3 is 0 Å². The summed E-state index contributed by atoms with van der Waals surface area (Å²) < 4.78 is 0. The molecular formula is C19H22N2O. The molecule has 0 radical (unpaired) electrons. The van der Waals surface area contributed by atoms with E-state index in [4.69, 9.17) is 0 Å². The van der Waals surface area contributed by atoms with Crippen LogP contribution in [0.2, 0.25) is 0 Å². The minimum atomic E-state index is 0.153. The van der Waals surface area contributed by atoms with Gasteiger partial charge in [0.25, 0.3) is 0 Å². The number of nitrogens with one attached hydrogen (secondary N) is 2. The Bertz CT molecular complexity index is 662. The van der Waals surface area contributed by atoms with Gasteiger partial charge in [-0.25, -0.2) is 0 Å². The minimum Gasteiger partial charge on any atom is -0.385 e. The summed E-state index contributed by atoms with van der Waals surface area (Å²) in [4.78, 5) is 12.3. The molecule has 2 aromatic rings. The summed E-state index contributed by atoms with van der Waals surface area (Å²) >= 11 is 0. The van der Waals surface area contributed by atoms with Crippen molar-refractivity contribution in [2.24, 2.45) is 0 Å². The zero-order valence-electron chi connectivity index (χ0n) is 13.0. The van der Waals surface area contributed by atoms with Gasteiger partial charge in [-0.1, -0.05) is 29.8 Å². The molecule has 0 saturated heterocycles. The third-order valence-electron chi connectivity index (χ3n) is 4.10. The average Bonchev–Trinajstić information content (AvgIpc) is 2.56. The van der Waals surface area contributed by atoms with Gasteiger partial charge in [-0.3, -0.25) is 4.79 Å². The topological polar surface area (TPSA) is 41.1 Å². The number of hydrogen-bond donors (Lipinski definition) is 2. The second-order valence-corrected chi connectivity index (χ2v) is 5.91. The Morgan fingerprint density at radius 2 is 2.00 bits per heavy atom. The highest BCUT2D eigenvalue weighted by molar-refractivity contribution is 5.98. The summed E-state index contributed by atoms with van der Waals surface area (Å²) in [6.07, 6.45) is 2.19. The van der Waals surface area contributed by atoms with Crippen LogP contribution in [0.25, 0.3) is 0 Å². The van der Waals surface area contributed by atoms with Crippen molar-refractivity contribution in [1.29, 1.82) is 0 Å². The maximum Gasteiger partial charge on any atom is 0.176 e. The summed E-state index contributed by atoms with van der Waals surface area (Å²) in [5.41, 5.74) is 5.69. The van der Waals surface area contributed by atoms with Gasteiger partial charge in [-0.15, -0.1) is 0 Å². The van der Waals surface area contributed by atoms with Crippen LogP contribution in [0.5, 0.6) is 0 Å². The third-order valence-corrected chi connectivity index (χ3v) is 4.10. The number of hydrogen-bond acceptors (Lipinski definition) is 3. The molecule has 1 aliphatic heterocycles. The molecule has 3 rings (SSSR count). The molecule has 0 unspecified atom stereocenters. The normalized spacial score (nSPS) is 13.3. The van der Waals surface area contributed by atoms with E-state index in [0.717, 1.165) is 31.5 Å². The first-order chi connectivity index (χ1) is 10.7. The fourth-order valence-corrected chi connectivity index (χ4v) is 2.78. The zero-order valence-corrected chi connectivity index (χ0v) is 13.0. The molecule has 0 saturated carbocycles. The largest absolute Gasteiger partial charge is 0.385 e. The Hall–Kier alpha value is -2.13. The van der Waals surface area contributed by atoms with Gasteiger partial charge in [0.1, 0.15) is 0 Å². The lowest BCUT2D eigenvalue weighted by Crippen LogP contribution is -2.23. The maximum absolute atomic E-state index is 12.3. The van der Waals surface area contributed by atoms with E-state index in [0.29, 0.717) is 6.54 Å². The van der Waals surface area contributed by atoms with E-state index in [-0.39, 0.29) is 5.78 Å². The van der Waals surface area contributed by atoms with Crippen LogP contribution in [0.1, 0.15) is 33.5 Å². The highest BCUT2D eigenvalue weighted by atomic mass is 16.1. The van der Waals surface area contributed by atoms with Crippen molar-refractivity contribution in [3.63, 3.8) is 0 Å². The molecule has 0 bridgehead atoms. The maximum atomic E-state index is 12.3. The van der Waals surface area contributed by atoms with Crippen LogP contribution in [0.15, 0.2) is 42.5 Å². The van der Waals surface area contributed by atoms with Gasteiger partial charge in [-0.05, 0) is 49.1 Å². The third kappa shape index (κ3) is 3.55. The Labute approximate surface area is 131 Å². The number of carbonyl (C=O) groups excluding carboxylic acids is 1. The molecule has 0 atom stereocenters. The van der Waals surface area contributed by atoms with E-state index in [1.807, 2.05) is 18.2 Å². The lowest BCUT2D eigenvalue weighted by molar-refractivity contribution is 0.0990. The second-order valence-electron chi connectivity index (χ2n) is 5.91. The van der Waals surface area contributed by atoms with E-state index in [2.05, 4.69) is 41.8 Å². The number of ketones is 1. The van der Waals surface area contributed by atoms with Crippen LogP contribution in [-0.4, -0.2) is 18.9 Å². The average molecular weight is 294 g/mol. The smallest absolute Gasteiger partial charge is 0.176 e. The molecule has 0 aliphatic carbocycles.